The van der Waals surface area contributed by atoms with Crippen molar-refractivity contribution in [1.29, 1.82) is 0 Å². The van der Waals surface area contributed by atoms with E-state index in [2.05, 4.69) is 38.3 Å². The molecule has 2 amide bonds. The molecule has 35 heavy (non-hydrogen) atoms. The van der Waals surface area contributed by atoms with Crippen molar-refractivity contribution >= 4 is 28.3 Å². The van der Waals surface area contributed by atoms with Crippen LogP contribution in [0.2, 0.25) is 0 Å². The molecule has 7 nitrogen and oxygen atoms in total. The van der Waals surface area contributed by atoms with Gasteiger partial charge in [-0.2, -0.15) is 0 Å². The quantitative estimate of drug-likeness (QED) is 0.376. The highest BCUT2D eigenvalue weighted by molar-refractivity contribution is 7.15. The molecule has 0 spiro atoms. The summed E-state index contributed by atoms with van der Waals surface area (Å²) in [6, 6.07) is 19.7. The second-order valence-electron chi connectivity index (χ2n) is 8.65. The maximum absolute atomic E-state index is 12.8. The predicted molar refractivity (Wildman–Crippen MR) is 139 cm³/mol. The minimum atomic E-state index is -0.290. The van der Waals surface area contributed by atoms with Crippen LogP contribution in [0.4, 0.5) is 5.13 Å². The van der Waals surface area contributed by atoms with Gasteiger partial charge in [-0.3, -0.25) is 14.9 Å². The average molecular weight is 490 g/mol. The van der Waals surface area contributed by atoms with E-state index in [0.29, 0.717) is 18.0 Å². The Morgan fingerprint density at radius 2 is 1.77 bits per heavy atom. The molecule has 0 bridgehead atoms. The minimum absolute atomic E-state index is 0.0116. The first-order valence-electron chi connectivity index (χ1n) is 12.1. The van der Waals surface area contributed by atoms with Crippen molar-refractivity contribution in [2.45, 2.75) is 50.6 Å². The zero-order valence-electron chi connectivity index (χ0n) is 19.7. The topological polar surface area (TPSA) is 96.0 Å². The van der Waals surface area contributed by atoms with Gasteiger partial charge in [-0.25, -0.2) is 0 Å². The number of nitrogens with one attached hydrogen (secondary N) is 3. The summed E-state index contributed by atoms with van der Waals surface area (Å²) in [5.41, 5.74) is 2.34. The van der Waals surface area contributed by atoms with Gasteiger partial charge in [0, 0.05) is 18.5 Å². The van der Waals surface area contributed by atoms with E-state index in [-0.39, 0.29) is 23.9 Å². The summed E-state index contributed by atoms with van der Waals surface area (Å²) >= 11 is 1.36. The van der Waals surface area contributed by atoms with Gasteiger partial charge in [-0.1, -0.05) is 84.5 Å². The van der Waals surface area contributed by atoms with Crippen LogP contribution in [-0.2, 0) is 22.4 Å². The molecule has 2 aromatic carbocycles. The lowest BCUT2D eigenvalue weighted by Gasteiger charge is -2.25. The first-order valence-corrected chi connectivity index (χ1v) is 12.9. The standard InChI is InChI=1S/C27H31N5O2S/c33-24(30-27-32-31-25(35-27)19-21-11-5-2-6-12-21)17-16-22(15-14-20-9-3-1-4-10-20)29-26(34)23-13-7-8-18-28-23/h1-6,9-12,16-17,22-23,28H,7-8,13-15,18-19H2,(H,29,34)(H,30,32,33)/b17-16+/t22-,23-/m0/s1. The third kappa shape index (κ3) is 8.12. The number of rotatable bonds is 10. The van der Waals surface area contributed by atoms with Gasteiger partial charge in [0.05, 0.1) is 6.04 Å². The van der Waals surface area contributed by atoms with Gasteiger partial charge in [0.2, 0.25) is 16.9 Å². The van der Waals surface area contributed by atoms with Crippen LogP contribution in [0.3, 0.4) is 0 Å². The number of nitrogens with zero attached hydrogens (tertiary/aromatic N) is 2. The maximum Gasteiger partial charge on any atom is 0.249 e. The van der Waals surface area contributed by atoms with Crippen molar-refractivity contribution in [3.63, 3.8) is 0 Å². The predicted octanol–water partition coefficient (Wildman–Crippen LogP) is 3.88. The van der Waals surface area contributed by atoms with Crippen LogP contribution in [0.5, 0.6) is 0 Å². The highest BCUT2D eigenvalue weighted by Crippen LogP contribution is 2.18. The molecule has 3 aromatic rings. The lowest BCUT2D eigenvalue weighted by atomic mass is 10.0. The molecule has 1 aliphatic rings. The van der Waals surface area contributed by atoms with E-state index in [1.165, 1.54) is 23.0 Å². The molecule has 0 unspecified atom stereocenters. The molecule has 1 aromatic heterocycles. The monoisotopic (exact) mass is 489 g/mol. The summed E-state index contributed by atoms with van der Waals surface area (Å²) in [5, 5.41) is 18.8. The summed E-state index contributed by atoms with van der Waals surface area (Å²) in [6.07, 6.45) is 8.40. The number of carbonyl (C=O) groups excluding carboxylic acids is 2. The molecule has 2 atom stereocenters. The fourth-order valence-corrected chi connectivity index (χ4v) is 4.82. The normalized spacial score (nSPS) is 16.6. The number of piperidine rings is 1. The number of benzene rings is 2. The molecule has 4 rings (SSSR count). The zero-order chi connectivity index (χ0) is 24.3. The molecule has 8 heteroatoms. The Hall–Kier alpha value is -3.36. The average Bonchev–Trinajstić information content (AvgIpc) is 3.33. The molecule has 2 heterocycles. The van der Waals surface area contributed by atoms with E-state index < -0.39 is 0 Å². The van der Waals surface area contributed by atoms with Gasteiger partial charge in [0.1, 0.15) is 5.01 Å². The number of carbonyl (C=O) groups is 2. The number of anilines is 1. The number of aromatic nitrogens is 2. The lowest BCUT2D eigenvalue weighted by Crippen LogP contribution is -2.49. The second kappa shape index (κ2) is 12.9. The van der Waals surface area contributed by atoms with E-state index in [1.807, 2.05) is 48.5 Å². The molecule has 0 aliphatic carbocycles. The van der Waals surface area contributed by atoms with E-state index in [9.17, 15) is 9.59 Å². The smallest absolute Gasteiger partial charge is 0.249 e. The maximum atomic E-state index is 12.8. The number of hydrogen-bond acceptors (Lipinski definition) is 6. The highest BCUT2D eigenvalue weighted by Gasteiger charge is 2.22. The molecule has 1 fully saturated rings. The van der Waals surface area contributed by atoms with Crippen molar-refractivity contribution in [3.8, 4) is 0 Å². The zero-order valence-corrected chi connectivity index (χ0v) is 20.5. The minimum Gasteiger partial charge on any atom is -0.349 e. The van der Waals surface area contributed by atoms with Crippen LogP contribution in [0, 0.1) is 0 Å². The molecular weight excluding hydrogens is 458 g/mol. The van der Waals surface area contributed by atoms with E-state index >= 15 is 0 Å². The Balaban J connectivity index is 1.34. The van der Waals surface area contributed by atoms with Gasteiger partial charge in [0.25, 0.3) is 0 Å². The van der Waals surface area contributed by atoms with Gasteiger partial charge < -0.3 is 10.6 Å². The fraction of sp³-hybridized carbons (Fsp3) is 0.333. The van der Waals surface area contributed by atoms with Crippen LogP contribution >= 0.6 is 11.3 Å². The largest absolute Gasteiger partial charge is 0.349 e. The van der Waals surface area contributed by atoms with E-state index in [0.717, 1.165) is 42.8 Å². The highest BCUT2D eigenvalue weighted by atomic mass is 32.1. The summed E-state index contributed by atoms with van der Waals surface area (Å²) in [7, 11) is 0. The number of aryl methyl sites for hydroxylation is 1. The molecular formula is C27H31N5O2S. The van der Waals surface area contributed by atoms with Crippen molar-refractivity contribution in [1.82, 2.24) is 20.8 Å². The Morgan fingerprint density at radius 1 is 1.03 bits per heavy atom. The number of hydrogen-bond donors (Lipinski definition) is 3. The van der Waals surface area contributed by atoms with Crippen LogP contribution in [-0.4, -0.2) is 40.6 Å². The second-order valence-corrected chi connectivity index (χ2v) is 9.72. The summed E-state index contributed by atoms with van der Waals surface area (Å²) in [5.74, 6) is -0.301. The van der Waals surface area contributed by atoms with Crippen LogP contribution < -0.4 is 16.0 Å². The van der Waals surface area contributed by atoms with Gasteiger partial charge >= 0.3 is 0 Å². The Kier molecular flexibility index (Phi) is 9.14. The first kappa shape index (κ1) is 24.8. The van der Waals surface area contributed by atoms with Crippen LogP contribution in [0.15, 0.2) is 72.8 Å². The molecule has 0 saturated carbocycles. The molecule has 1 aliphatic heterocycles. The van der Waals surface area contributed by atoms with Crippen LogP contribution in [0.25, 0.3) is 0 Å². The first-order chi connectivity index (χ1) is 17.2. The van der Waals surface area contributed by atoms with Gasteiger partial charge in [-0.05, 0) is 43.4 Å². The molecule has 0 radical (unpaired) electrons. The van der Waals surface area contributed by atoms with Crippen molar-refractivity contribution in [3.05, 3.63) is 89.0 Å². The van der Waals surface area contributed by atoms with Gasteiger partial charge in [-0.15, -0.1) is 10.2 Å². The summed E-state index contributed by atoms with van der Waals surface area (Å²) < 4.78 is 0. The Labute approximate surface area is 210 Å². The Bertz CT molecular complexity index is 1110. The van der Waals surface area contributed by atoms with Crippen molar-refractivity contribution in [2.75, 3.05) is 11.9 Å². The lowest BCUT2D eigenvalue weighted by molar-refractivity contribution is -0.124. The SMILES string of the molecule is O=C(/C=C/[C@H](CCc1ccccc1)NC(=O)[C@@H]1CCCCN1)Nc1nnc(Cc2ccccc2)s1. The number of amides is 2. The molecule has 1 saturated heterocycles. The summed E-state index contributed by atoms with van der Waals surface area (Å²) in [6.45, 7) is 0.860. The Morgan fingerprint density at radius 3 is 2.49 bits per heavy atom. The van der Waals surface area contributed by atoms with Crippen molar-refractivity contribution in [2.24, 2.45) is 0 Å². The third-order valence-electron chi connectivity index (χ3n) is 5.92. The fourth-order valence-electron chi connectivity index (χ4n) is 4.04. The summed E-state index contributed by atoms with van der Waals surface area (Å²) in [4.78, 5) is 25.3. The molecule has 182 valence electrons. The van der Waals surface area contributed by atoms with Gasteiger partial charge in [0.15, 0.2) is 0 Å². The van der Waals surface area contributed by atoms with E-state index in [4.69, 9.17) is 0 Å². The molecule has 3 N–H and O–H groups in total. The van der Waals surface area contributed by atoms with Crippen LogP contribution in [0.1, 0.15) is 41.8 Å². The van der Waals surface area contributed by atoms with Crippen molar-refractivity contribution < 1.29 is 9.59 Å². The third-order valence-corrected chi connectivity index (χ3v) is 6.76. The van der Waals surface area contributed by atoms with E-state index in [1.54, 1.807) is 6.08 Å².